The molecule has 6 nitrogen and oxygen atoms in total. The Bertz CT molecular complexity index is 680. The van der Waals surface area contributed by atoms with Gasteiger partial charge in [-0.1, -0.05) is 60.7 Å². The topological polar surface area (TPSA) is 98.7 Å². The van der Waals surface area contributed by atoms with Gasteiger partial charge in [-0.25, -0.2) is 0 Å². The van der Waals surface area contributed by atoms with E-state index in [1.807, 2.05) is 36.4 Å². The molecule has 2 aromatic rings. The van der Waals surface area contributed by atoms with Gasteiger partial charge in [-0.15, -0.1) is 4.72 Å². The van der Waals surface area contributed by atoms with Gasteiger partial charge in [0, 0.05) is 16.9 Å². The number of aliphatic carboxylic acids is 1. The van der Waals surface area contributed by atoms with Crippen LogP contribution < -0.4 is 4.72 Å². The summed E-state index contributed by atoms with van der Waals surface area (Å²) in [6.45, 7) is 0.0686. The lowest BCUT2D eigenvalue weighted by molar-refractivity contribution is -0.150. The molecule has 0 fully saturated rings. The van der Waals surface area contributed by atoms with Crippen molar-refractivity contribution in [1.82, 2.24) is 4.72 Å². The molecule has 0 aliphatic heterocycles. The quantitative estimate of drug-likeness (QED) is 0.524. The predicted molar refractivity (Wildman–Crippen MR) is 93.7 cm³/mol. The molecule has 7 heteroatoms. The van der Waals surface area contributed by atoms with Crippen LogP contribution in [0.2, 0.25) is 0 Å². The molecule has 0 bridgehead atoms. The van der Waals surface area contributed by atoms with Crippen LogP contribution in [0.1, 0.15) is 17.5 Å². The zero-order valence-electron chi connectivity index (χ0n) is 13.5. The van der Waals surface area contributed by atoms with Gasteiger partial charge in [-0.05, 0) is 5.56 Å². The van der Waals surface area contributed by atoms with Crippen LogP contribution >= 0.6 is 0 Å². The van der Waals surface area contributed by atoms with Crippen LogP contribution in [0.25, 0.3) is 0 Å². The highest BCUT2D eigenvalue weighted by Gasteiger charge is 2.27. The van der Waals surface area contributed by atoms with Crippen molar-refractivity contribution < 1.29 is 24.0 Å². The first kappa shape index (κ1) is 19.0. The molecule has 2 rings (SSSR count). The molecular weight excluding hydrogens is 342 g/mol. The van der Waals surface area contributed by atoms with Crippen molar-refractivity contribution in [3.63, 3.8) is 0 Å². The summed E-state index contributed by atoms with van der Waals surface area (Å²) in [6.07, 6.45) is -0.400. The number of carbonyl (C=O) groups is 2. The molecule has 25 heavy (non-hydrogen) atoms. The number of esters is 1. The standard InChI is InChI=1S/C18H19NO5S/c20-17(24-12-14-7-3-1-4-8-14)11-16(18(21)22)19-25(23)13-15-9-5-2-6-10-15/h1-10,16,19H,11-13H2,(H,21,22). The first-order valence-electron chi connectivity index (χ1n) is 7.65. The minimum Gasteiger partial charge on any atom is -0.598 e. The van der Waals surface area contributed by atoms with E-state index in [0.29, 0.717) is 0 Å². The third kappa shape index (κ3) is 6.96. The molecule has 2 atom stereocenters. The van der Waals surface area contributed by atoms with Crippen molar-refractivity contribution in [2.24, 2.45) is 0 Å². The summed E-state index contributed by atoms with van der Waals surface area (Å²) in [6, 6.07) is 16.9. The average Bonchev–Trinajstić information content (AvgIpc) is 2.61. The average molecular weight is 361 g/mol. The van der Waals surface area contributed by atoms with Crippen LogP contribution in [0.4, 0.5) is 0 Å². The van der Waals surface area contributed by atoms with Crippen molar-refractivity contribution in [3.05, 3.63) is 71.8 Å². The van der Waals surface area contributed by atoms with E-state index in [-0.39, 0.29) is 12.4 Å². The fraction of sp³-hybridized carbons (Fsp3) is 0.222. The maximum Gasteiger partial charge on any atom is 0.325 e. The third-order valence-electron chi connectivity index (χ3n) is 3.33. The van der Waals surface area contributed by atoms with Crippen LogP contribution in [0.15, 0.2) is 60.7 Å². The minimum absolute atomic E-state index is 0.0686. The van der Waals surface area contributed by atoms with Crippen LogP contribution in [0, 0.1) is 0 Å². The lowest BCUT2D eigenvalue weighted by Crippen LogP contribution is -2.42. The lowest BCUT2D eigenvalue weighted by atomic mass is 10.2. The molecule has 2 N–H and O–H groups in total. The molecular formula is C18H19NO5S. The fourth-order valence-electron chi connectivity index (χ4n) is 2.07. The number of carboxylic acid groups (broad SMARTS) is 1. The Morgan fingerprint density at radius 1 is 1.04 bits per heavy atom. The van der Waals surface area contributed by atoms with Gasteiger partial charge < -0.3 is 14.4 Å². The SMILES string of the molecule is O=C(CC(N[S+]([O-])Cc1ccccc1)C(=O)O)OCc1ccccc1. The highest BCUT2D eigenvalue weighted by Crippen LogP contribution is 2.08. The zero-order chi connectivity index (χ0) is 18.1. The van der Waals surface area contributed by atoms with Crippen LogP contribution in [0.3, 0.4) is 0 Å². The van der Waals surface area contributed by atoms with Gasteiger partial charge in [-0.3, -0.25) is 9.59 Å². The largest absolute Gasteiger partial charge is 0.598 e. The van der Waals surface area contributed by atoms with Gasteiger partial charge in [-0.2, -0.15) is 0 Å². The molecule has 0 heterocycles. The van der Waals surface area contributed by atoms with E-state index in [2.05, 4.69) is 4.72 Å². The van der Waals surface area contributed by atoms with Crippen LogP contribution in [-0.4, -0.2) is 27.6 Å². The second kappa shape index (κ2) is 9.83. The molecule has 2 unspecified atom stereocenters. The molecule has 0 aliphatic carbocycles. The molecule has 0 radical (unpaired) electrons. The Morgan fingerprint density at radius 3 is 2.16 bits per heavy atom. The second-order valence-corrected chi connectivity index (χ2v) is 6.55. The molecule has 0 aliphatic rings. The molecule has 0 saturated heterocycles. The van der Waals surface area contributed by atoms with E-state index in [9.17, 15) is 19.2 Å². The summed E-state index contributed by atoms with van der Waals surface area (Å²) in [5, 5.41) is 9.22. The van der Waals surface area contributed by atoms with Crippen LogP contribution in [0.5, 0.6) is 0 Å². The van der Waals surface area contributed by atoms with Gasteiger partial charge in [0.25, 0.3) is 0 Å². The molecule has 0 amide bonds. The number of carboxylic acids is 1. The van der Waals surface area contributed by atoms with Crippen molar-refractivity contribution in [2.45, 2.75) is 24.8 Å². The van der Waals surface area contributed by atoms with E-state index < -0.39 is 35.8 Å². The Morgan fingerprint density at radius 2 is 1.60 bits per heavy atom. The third-order valence-corrected chi connectivity index (χ3v) is 4.47. The van der Waals surface area contributed by atoms with Gasteiger partial charge >= 0.3 is 11.9 Å². The summed E-state index contributed by atoms with van der Waals surface area (Å²) >= 11 is -1.62. The Labute approximate surface area is 149 Å². The second-order valence-electron chi connectivity index (χ2n) is 5.33. The molecule has 0 aromatic heterocycles. The van der Waals surface area contributed by atoms with Crippen molar-refractivity contribution >= 4 is 23.3 Å². The van der Waals surface area contributed by atoms with Gasteiger partial charge in [0.15, 0.2) is 11.8 Å². The number of carbonyl (C=O) groups excluding carboxylic acids is 1. The predicted octanol–water partition coefficient (Wildman–Crippen LogP) is 2.03. The minimum atomic E-state index is -1.62. The smallest absolute Gasteiger partial charge is 0.325 e. The number of rotatable bonds is 9. The molecule has 132 valence electrons. The molecule has 0 spiro atoms. The van der Waals surface area contributed by atoms with Gasteiger partial charge in [0.2, 0.25) is 0 Å². The summed E-state index contributed by atoms with van der Waals surface area (Å²) in [7, 11) is 0. The number of ether oxygens (including phenoxy) is 1. The van der Waals surface area contributed by atoms with E-state index in [1.54, 1.807) is 24.3 Å². The van der Waals surface area contributed by atoms with Gasteiger partial charge in [0.1, 0.15) is 6.61 Å². The summed E-state index contributed by atoms with van der Waals surface area (Å²) in [4.78, 5) is 23.1. The van der Waals surface area contributed by atoms with Crippen LogP contribution in [-0.2, 0) is 38.0 Å². The summed E-state index contributed by atoms with van der Waals surface area (Å²) in [5.41, 5.74) is 1.62. The zero-order valence-corrected chi connectivity index (χ0v) is 14.3. The highest BCUT2D eigenvalue weighted by atomic mass is 32.2. The fourth-order valence-corrected chi connectivity index (χ4v) is 3.15. The highest BCUT2D eigenvalue weighted by molar-refractivity contribution is 7.88. The van der Waals surface area contributed by atoms with Crippen molar-refractivity contribution in [1.29, 1.82) is 0 Å². The number of hydrogen-bond acceptors (Lipinski definition) is 5. The summed E-state index contributed by atoms with van der Waals surface area (Å²) in [5.74, 6) is -1.76. The van der Waals surface area contributed by atoms with Gasteiger partial charge in [0.05, 0.1) is 6.42 Å². The first-order chi connectivity index (χ1) is 12.0. The van der Waals surface area contributed by atoms with Crippen molar-refractivity contribution in [3.8, 4) is 0 Å². The molecule has 2 aromatic carbocycles. The maximum absolute atomic E-state index is 12.1. The first-order valence-corrected chi connectivity index (χ1v) is 8.97. The van der Waals surface area contributed by atoms with E-state index in [1.165, 1.54) is 0 Å². The normalized spacial score (nSPS) is 13.0. The Kier molecular flexibility index (Phi) is 7.46. The Hall–Kier alpha value is -2.35. The monoisotopic (exact) mass is 361 g/mol. The molecule has 0 saturated carbocycles. The summed E-state index contributed by atoms with van der Waals surface area (Å²) < 4.78 is 19.6. The Balaban J connectivity index is 1.83. The lowest BCUT2D eigenvalue weighted by Gasteiger charge is -2.16. The van der Waals surface area contributed by atoms with E-state index in [4.69, 9.17) is 4.74 Å². The number of nitrogens with one attached hydrogen (secondary N) is 1. The number of benzene rings is 2. The van der Waals surface area contributed by atoms with Crippen molar-refractivity contribution in [2.75, 3.05) is 0 Å². The maximum atomic E-state index is 12.1. The van der Waals surface area contributed by atoms with E-state index >= 15 is 0 Å². The number of hydrogen-bond donors (Lipinski definition) is 2. The van der Waals surface area contributed by atoms with E-state index in [0.717, 1.165) is 11.1 Å².